The normalized spacial score (nSPS) is 13.2. The highest BCUT2D eigenvalue weighted by Crippen LogP contribution is 2.60. The third kappa shape index (κ3) is 13.4. The topological polar surface area (TPSA) is 155 Å². The van der Waals surface area contributed by atoms with E-state index in [4.69, 9.17) is 58.1 Å². The fourth-order valence-corrected chi connectivity index (χ4v) is 21.3. The van der Waals surface area contributed by atoms with Crippen molar-refractivity contribution in [2.75, 3.05) is 0 Å². The summed E-state index contributed by atoms with van der Waals surface area (Å²) in [5.41, 5.74) is 32.9. The van der Waals surface area contributed by atoms with Gasteiger partial charge in [-0.25, -0.2) is 44.9 Å². The predicted molar refractivity (Wildman–Crippen MR) is 551 cm³/mol. The second-order valence-corrected chi connectivity index (χ2v) is 36.9. The molecule has 0 saturated carbocycles. The number of benzene rings is 18. The lowest BCUT2D eigenvalue weighted by Gasteiger charge is -2.23. The molecule has 3 aliphatic carbocycles. The molecule has 0 fully saturated rings. The van der Waals surface area contributed by atoms with Gasteiger partial charge in [0, 0.05) is 104 Å². The van der Waals surface area contributed by atoms with Gasteiger partial charge < -0.3 is 13.3 Å². The summed E-state index contributed by atoms with van der Waals surface area (Å²) < 4.78 is 19.8. The van der Waals surface area contributed by atoms with E-state index in [-0.39, 0.29) is 16.2 Å². The maximum atomic E-state index is 6.75. The van der Waals surface area contributed by atoms with E-state index in [0.717, 1.165) is 144 Å². The molecule has 644 valence electrons. The summed E-state index contributed by atoms with van der Waals surface area (Å²) in [6.07, 6.45) is 0. The summed E-state index contributed by atoms with van der Waals surface area (Å²) in [7, 11) is 0. The van der Waals surface area contributed by atoms with Gasteiger partial charge in [-0.2, -0.15) is 0 Å². The Hall–Kier alpha value is -17.4. The molecule has 6 heterocycles. The van der Waals surface area contributed by atoms with E-state index in [2.05, 4.69) is 272 Å². The fraction of sp³-hybridized carbons (Fsp3) is 0.0726. The predicted octanol–water partition coefficient (Wildman–Crippen LogP) is 31.7. The van der Waals surface area contributed by atoms with Crippen molar-refractivity contribution < 1.29 is 13.3 Å². The lowest BCUT2D eigenvalue weighted by Crippen LogP contribution is -2.15. The molecule has 12 heteroatoms. The van der Waals surface area contributed by atoms with Crippen LogP contribution in [0.15, 0.2) is 420 Å². The highest BCUT2D eigenvalue weighted by Gasteiger charge is 2.44. The zero-order valence-electron chi connectivity index (χ0n) is 75.4. The molecule has 0 spiro atoms. The maximum Gasteiger partial charge on any atom is 0.164 e. The van der Waals surface area contributed by atoms with Gasteiger partial charge in [-0.15, -0.1) is 0 Å². The van der Waals surface area contributed by atoms with Crippen LogP contribution in [0.4, 0.5) is 0 Å². The maximum absolute atomic E-state index is 6.75. The molecule has 12 nitrogen and oxygen atoms in total. The summed E-state index contributed by atoms with van der Waals surface area (Å²) in [6.45, 7) is 13.9. The molecule has 0 aliphatic heterocycles. The zero-order chi connectivity index (χ0) is 91.1. The van der Waals surface area contributed by atoms with Crippen LogP contribution in [0.1, 0.15) is 74.9 Å². The molecular weight excluding hydrogens is 1660 g/mol. The second kappa shape index (κ2) is 32.0. The number of fused-ring (bicyclic) bond motifs is 21. The monoisotopic (exact) mass is 1750 g/mol. The van der Waals surface area contributed by atoms with Gasteiger partial charge in [0.05, 0.1) is 0 Å². The minimum atomic E-state index is -0.232. The van der Waals surface area contributed by atoms with Gasteiger partial charge in [-0.3, -0.25) is 0 Å². The number of furan rings is 3. The van der Waals surface area contributed by atoms with Crippen molar-refractivity contribution in [1.29, 1.82) is 0 Å². The van der Waals surface area contributed by atoms with Crippen molar-refractivity contribution in [2.45, 2.75) is 57.8 Å². The molecule has 136 heavy (non-hydrogen) atoms. The number of rotatable bonds is 11. The van der Waals surface area contributed by atoms with Gasteiger partial charge in [0.15, 0.2) is 52.4 Å². The smallest absolute Gasteiger partial charge is 0.164 e. The van der Waals surface area contributed by atoms with Crippen LogP contribution in [-0.4, -0.2) is 44.9 Å². The van der Waals surface area contributed by atoms with Gasteiger partial charge in [0.2, 0.25) is 0 Å². The highest BCUT2D eigenvalue weighted by atomic mass is 16.3. The molecular formula is C124H85N9O3. The molecule has 0 radical (unpaired) electrons. The molecule has 0 unspecified atom stereocenters. The van der Waals surface area contributed by atoms with E-state index in [0.29, 0.717) is 52.4 Å². The Kier molecular flexibility index (Phi) is 19.0. The van der Waals surface area contributed by atoms with Crippen LogP contribution in [-0.2, 0) is 16.2 Å². The summed E-state index contributed by atoms with van der Waals surface area (Å²) in [6, 6.07) is 140. The Labute approximate surface area is 785 Å². The molecule has 0 atom stereocenters. The van der Waals surface area contributed by atoms with Crippen molar-refractivity contribution in [3.8, 4) is 158 Å². The van der Waals surface area contributed by atoms with Crippen LogP contribution < -0.4 is 0 Å². The number of hydrogen-bond acceptors (Lipinski definition) is 12. The largest absolute Gasteiger partial charge is 0.456 e. The van der Waals surface area contributed by atoms with E-state index in [9.17, 15) is 0 Å². The lowest BCUT2D eigenvalue weighted by molar-refractivity contribution is 0.657. The summed E-state index contributed by atoms with van der Waals surface area (Å²) in [5.74, 6) is 5.77. The SMILES string of the molecule is CC1(C)c2ccccc2-c2c(-c3cccc(-c4nc(-c5ccccc5)nc(-c5ccccc5)n4)c3)cc3oc4ccccc4c3c21.CC1(C)c2ccccc2-c2c(-c3nc(-c4ccccc4)nc(-c4ccccc4)n3)cc3oc4ccccc4c3c21.CC1(C)c2ccccc2-c2c1cc1c(oc3ccccc31)c2-c1cccc(-c2nc(-c3ccccc3)nc(-c3cccc4ccccc34)n2)c1. The first-order valence-corrected chi connectivity index (χ1v) is 46.2. The number of aromatic nitrogens is 9. The van der Waals surface area contributed by atoms with Gasteiger partial charge in [0.25, 0.3) is 0 Å². The molecule has 27 rings (SSSR count). The molecule has 24 aromatic rings. The summed E-state index contributed by atoms with van der Waals surface area (Å²) >= 11 is 0. The van der Waals surface area contributed by atoms with E-state index < -0.39 is 0 Å². The van der Waals surface area contributed by atoms with Gasteiger partial charge in [-0.1, -0.05) is 399 Å². The number of nitrogens with zero attached hydrogens (tertiary/aromatic N) is 9. The van der Waals surface area contributed by atoms with Crippen LogP contribution in [0, 0.1) is 0 Å². The van der Waals surface area contributed by atoms with Crippen molar-refractivity contribution in [3.63, 3.8) is 0 Å². The minimum absolute atomic E-state index is 0.170. The van der Waals surface area contributed by atoms with Gasteiger partial charge in [0.1, 0.15) is 33.5 Å². The number of hydrogen-bond donors (Lipinski definition) is 0. The van der Waals surface area contributed by atoms with Crippen LogP contribution >= 0.6 is 0 Å². The molecule has 0 N–H and O–H groups in total. The van der Waals surface area contributed by atoms with Gasteiger partial charge >= 0.3 is 0 Å². The Morgan fingerprint density at radius 1 is 0.176 bits per heavy atom. The zero-order valence-corrected chi connectivity index (χ0v) is 75.4. The minimum Gasteiger partial charge on any atom is -0.456 e. The quantitative estimate of drug-likeness (QED) is 0.121. The van der Waals surface area contributed by atoms with Gasteiger partial charge in [-0.05, 0) is 143 Å². The molecule has 0 amide bonds. The van der Waals surface area contributed by atoms with Crippen LogP contribution in [0.2, 0.25) is 0 Å². The summed E-state index contributed by atoms with van der Waals surface area (Å²) in [4.78, 5) is 45.3. The van der Waals surface area contributed by atoms with E-state index >= 15 is 0 Å². The summed E-state index contributed by atoms with van der Waals surface area (Å²) in [5, 5.41) is 9.15. The van der Waals surface area contributed by atoms with Crippen molar-refractivity contribution in [1.82, 2.24) is 44.9 Å². The molecule has 6 aromatic heterocycles. The third-order valence-electron chi connectivity index (χ3n) is 27.7. The van der Waals surface area contributed by atoms with Crippen molar-refractivity contribution in [3.05, 3.63) is 440 Å². The van der Waals surface area contributed by atoms with Crippen LogP contribution in [0.3, 0.4) is 0 Å². The van der Waals surface area contributed by atoms with Crippen molar-refractivity contribution >= 4 is 76.6 Å². The first-order chi connectivity index (χ1) is 66.7. The standard InChI is InChI=1S/C46H31N3O.C42H29N3O.C36H25N3O/c1-46(2)37-24-10-8-22-35(37)41-38(46)27-36-33-21-9-11-25-39(33)50-42(36)40(41)30-18-12-19-31(26-30)44-47-43(29-15-4-3-5-16-29)48-45(49-44)34-23-13-17-28-14-6-7-20-32(28)34;1-42(2)33-22-11-9-20-30(33)36-32(25-35-37(38(36)42)31-21-10-12-23-34(31)46-35)28-18-13-19-29(24-28)41-44-39(26-14-5-3-6-15-26)43-40(45-41)27-16-7-4-8-17-27;1-36(2)27-19-11-9-17-24(27)30-26(21-29-31(32(30)36)25-18-10-12-20-28(25)40-29)35-38-33(22-13-5-3-6-14-22)37-34(39-35)23-15-7-4-8-16-23/h3-27H,1-2H3;3-25H,1-2H3;3-21H,1-2H3. The Morgan fingerprint density at radius 2 is 0.485 bits per heavy atom. The van der Waals surface area contributed by atoms with Crippen LogP contribution in [0.25, 0.3) is 235 Å². The molecule has 0 saturated heterocycles. The lowest BCUT2D eigenvalue weighted by atomic mass is 9.79. The first-order valence-electron chi connectivity index (χ1n) is 46.2. The van der Waals surface area contributed by atoms with E-state index in [1.54, 1.807) is 0 Å². The Morgan fingerprint density at radius 3 is 0.956 bits per heavy atom. The molecule has 3 aliphatic rings. The third-order valence-corrected chi connectivity index (χ3v) is 27.7. The average Bonchev–Trinajstić information content (AvgIpc) is 1.56. The first kappa shape index (κ1) is 80.7. The highest BCUT2D eigenvalue weighted by molar-refractivity contribution is 6.18. The van der Waals surface area contributed by atoms with E-state index in [1.165, 1.54) is 72.1 Å². The van der Waals surface area contributed by atoms with Crippen molar-refractivity contribution in [2.24, 2.45) is 0 Å². The van der Waals surface area contributed by atoms with Crippen LogP contribution in [0.5, 0.6) is 0 Å². The fourth-order valence-electron chi connectivity index (χ4n) is 21.3. The molecule has 18 aromatic carbocycles. The Balaban J connectivity index is 0.000000109. The average molecular weight is 1750 g/mol. The number of para-hydroxylation sites is 3. The van der Waals surface area contributed by atoms with E-state index in [1.807, 2.05) is 176 Å². The molecule has 0 bridgehead atoms. The Bertz CT molecular complexity index is 8830. The second-order valence-electron chi connectivity index (χ2n) is 36.9.